The van der Waals surface area contributed by atoms with E-state index in [-0.39, 0.29) is 6.61 Å². The van der Waals surface area contributed by atoms with E-state index in [2.05, 4.69) is 9.47 Å². The number of methoxy groups -OCH3 is 1. The van der Waals surface area contributed by atoms with E-state index in [0.717, 1.165) is 0 Å². The largest absolute Gasteiger partial charge is 0.522 e. The zero-order chi connectivity index (χ0) is 8.74. The average Bonchev–Trinajstić information content (AvgIpc) is 1.85. The van der Waals surface area contributed by atoms with Crippen molar-refractivity contribution in [1.29, 1.82) is 0 Å². The fraction of sp³-hybridized carbons (Fsp3) is 1.00. The first-order valence-corrected chi connectivity index (χ1v) is 3.26. The summed E-state index contributed by atoms with van der Waals surface area (Å²) < 4.78 is 42.1. The molecule has 0 aliphatic rings. The normalized spacial score (nSPS) is 12.0. The molecule has 0 unspecified atom stereocenters. The van der Waals surface area contributed by atoms with Gasteiger partial charge in [-0.1, -0.05) is 0 Å². The Labute approximate surface area is 63.3 Å². The highest BCUT2D eigenvalue weighted by atomic mass is 19.4. The second kappa shape index (κ2) is 5.37. The van der Waals surface area contributed by atoms with Crippen molar-refractivity contribution in [2.24, 2.45) is 0 Å². The quantitative estimate of drug-likeness (QED) is 0.590. The van der Waals surface area contributed by atoms with Gasteiger partial charge in [0.15, 0.2) is 0 Å². The van der Waals surface area contributed by atoms with Crippen LogP contribution in [0, 0.1) is 0 Å². The number of ether oxygens (including phenoxy) is 2. The zero-order valence-corrected chi connectivity index (χ0v) is 6.28. The van der Waals surface area contributed by atoms with Gasteiger partial charge in [0.05, 0.1) is 6.61 Å². The highest BCUT2D eigenvalue weighted by Crippen LogP contribution is 2.16. The summed E-state index contributed by atoms with van der Waals surface area (Å²) in [4.78, 5) is 0. The van der Waals surface area contributed by atoms with E-state index in [9.17, 15) is 13.2 Å². The molecule has 0 heterocycles. The smallest absolute Gasteiger partial charge is 0.385 e. The number of unbranched alkanes of at least 4 members (excludes halogenated alkanes) is 1. The van der Waals surface area contributed by atoms with Crippen molar-refractivity contribution in [3.05, 3.63) is 0 Å². The number of halogens is 3. The van der Waals surface area contributed by atoms with Crippen molar-refractivity contribution >= 4 is 0 Å². The van der Waals surface area contributed by atoms with E-state index in [4.69, 9.17) is 0 Å². The summed E-state index contributed by atoms with van der Waals surface area (Å²) in [5, 5.41) is 0. The molecule has 2 nitrogen and oxygen atoms in total. The number of hydrogen-bond donors (Lipinski definition) is 0. The molecular formula is C6H11F3O2. The highest BCUT2D eigenvalue weighted by molar-refractivity contribution is 4.37. The van der Waals surface area contributed by atoms with Crippen LogP contribution >= 0.6 is 0 Å². The summed E-state index contributed by atoms with van der Waals surface area (Å²) in [5.74, 6) is 0. The third-order valence-corrected chi connectivity index (χ3v) is 1.01. The van der Waals surface area contributed by atoms with Crippen LogP contribution in [-0.4, -0.2) is 26.7 Å². The maximum Gasteiger partial charge on any atom is 0.522 e. The van der Waals surface area contributed by atoms with Gasteiger partial charge in [0.1, 0.15) is 0 Å². The predicted octanol–water partition coefficient (Wildman–Crippen LogP) is 1.95. The SMILES string of the molecule is COCCCCOC(F)(F)F. The van der Waals surface area contributed by atoms with Crippen LogP contribution in [0.1, 0.15) is 12.8 Å². The van der Waals surface area contributed by atoms with Crippen molar-refractivity contribution in [2.75, 3.05) is 20.3 Å². The van der Waals surface area contributed by atoms with Crippen LogP contribution in [-0.2, 0) is 9.47 Å². The molecule has 0 atom stereocenters. The standard InChI is InChI=1S/C6H11F3O2/c1-10-4-2-3-5-11-6(7,8)9/h2-5H2,1H3. The Kier molecular flexibility index (Phi) is 5.23. The average molecular weight is 172 g/mol. The minimum Gasteiger partial charge on any atom is -0.385 e. The van der Waals surface area contributed by atoms with Gasteiger partial charge in [0, 0.05) is 13.7 Å². The molecule has 0 spiro atoms. The number of alkyl halides is 3. The lowest BCUT2D eigenvalue weighted by molar-refractivity contribution is -0.324. The molecule has 0 amide bonds. The molecule has 0 saturated carbocycles. The van der Waals surface area contributed by atoms with Crippen LogP contribution in [0.25, 0.3) is 0 Å². The van der Waals surface area contributed by atoms with Crippen LogP contribution in [0.3, 0.4) is 0 Å². The highest BCUT2D eigenvalue weighted by Gasteiger charge is 2.28. The van der Waals surface area contributed by atoms with E-state index in [1.54, 1.807) is 0 Å². The molecule has 0 bridgehead atoms. The Bertz CT molecular complexity index is 92.3. The third-order valence-electron chi connectivity index (χ3n) is 1.01. The lowest BCUT2D eigenvalue weighted by atomic mass is 10.3. The molecule has 0 aromatic heterocycles. The molecule has 0 aliphatic heterocycles. The fourth-order valence-electron chi connectivity index (χ4n) is 0.536. The topological polar surface area (TPSA) is 18.5 Å². The number of rotatable bonds is 5. The maximum atomic E-state index is 11.3. The van der Waals surface area contributed by atoms with Crippen LogP contribution in [0.15, 0.2) is 0 Å². The molecule has 0 N–H and O–H groups in total. The predicted molar refractivity (Wildman–Crippen MR) is 33.1 cm³/mol. The van der Waals surface area contributed by atoms with Gasteiger partial charge in [-0.25, -0.2) is 0 Å². The third kappa shape index (κ3) is 9.71. The molecule has 0 fully saturated rings. The van der Waals surface area contributed by atoms with Gasteiger partial charge in [0.25, 0.3) is 0 Å². The van der Waals surface area contributed by atoms with Gasteiger partial charge in [-0.2, -0.15) is 0 Å². The fourth-order valence-corrected chi connectivity index (χ4v) is 0.536. The molecule has 11 heavy (non-hydrogen) atoms. The summed E-state index contributed by atoms with van der Waals surface area (Å²) in [5.41, 5.74) is 0. The van der Waals surface area contributed by atoms with Gasteiger partial charge >= 0.3 is 6.36 Å². The van der Waals surface area contributed by atoms with Gasteiger partial charge in [-0.3, -0.25) is 4.74 Å². The minimum absolute atomic E-state index is 0.285. The first-order valence-electron chi connectivity index (χ1n) is 3.26. The van der Waals surface area contributed by atoms with Gasteiger partial charge in [0.2, 0.25) is 0 Å². The molecule has 0 radical (unpaired) electrons. The van der Waals surface area contributed by atoms with Crippen molar-refractivity contribution < 1.29 is 22.6 Å². The van der Waals surface area contributed by atoms with Crippen LogP contribution in [0.5, 0.6) is 0 Å². The van der Waals surface area contributed by atoms with Gasteiger partial charge < -0.3 is 4.74 Å². The van der Waals surface area contributed by atoms with E-state index >= 15 is 0 Å². The molecule has 0 rings (SSSR count). The Morgan fingerprint density at radius 1 is 1.09 bits per heavy atom. The summed E-state index contributed by atoms with van der Waals surface area (Å²) in [6, 6.07) is 0. The first kappa shape index (κ1) is 10.7. The van der Waals surface area contributed by atoms with Crippen molar-refractivity contribution in [1.82, 2.24) is 0 Å². The molecule has 0 aromatic rings. The Balaban J connectivity index is 3.02. The van der Waals surface area contributed by atoms with Crippen molar-refractivity contribution in [3.8, 4) is 0 Å². The Morgan fingerprint density at radius 2 is 1.64 bits per heavy atom. The lowest BCUT2D eigenvalue weighted by Gasteiger charge is -2.05. The minimum atomic E-state index is -4.49. The summed E-state index contributed by atoms with van der Waals surface area (Å²) in [7, 11) is 1.50. The van der Waals surface area contributed by atoms with Crippen LogP contribution in [0.2, 0.25) is 0 Å². The van der Waals surface area contributed by atoms with Crippen molar-refractivity contribution in [3.63, 3.8) is 0 Å². The van der Waals surface area contributed by atoms with Gasteiger partial charge in [-0.15, -0.1) is 13.2 Å². The van der Waals surface area contributed by atoms with E-state index in [1.165, 1.54) is 7.11 Å². The van der Waals surface area contributed by atoms with E-state index in [0.29, 0.717) is 19.4 Å². The summed E-state index contributed by atoms with van der Waals surface area (Å²) >= 11 is 0. The van der Waals surface area contributed by atoms with Crippen LogP contribution in [0.4, 0.5) is 13.2 Å². The summed E-state index contributed by atoms with van der Waals surface area (Å²) in [6.45, 7) is 0.189. The second-order valence-corrected chi connectivity index (χ2v) is 1.99. The molecule has 68 valence electrons. The van der Waals surface area contributed by atoms with Gasteiger partial charge in [-0.05, 0) is 12.8 Å². The van der Waals surface area contributed by atoms with Crippen LogP contribution < -0.4 is 0 Å². The molecular weight excluding hydrogens is 161 g/mol. The lowest BCUT2D eigenvalue weighted by Crippen LogP contribution is -2.14. The molecule has 0 aromatic carbocycles. The second-order valence-electron chi connectivity index (χ2n) is 1.99. The maximum absolute atomic E-state index is 11.3. The number of hydrogen-bond acceptors (Lipinski definition) is 2. The summed E-state index contributed by atoms with van der Waals surface area (Å²) in [6.07, 6.45) is -3.53. The molecule has 0 saturated heterocycles. The Morgan fingerprint density at radius 3 is 2.09 bits per heavy atom. The van der Waals surface area contributed by atoms with Crippen molar-refractivity contribution in [2.45, 2.75) is 19.2 Å². The molecule has 0 aliphatic carbocycles. The van der Waals surface area contributed by atoms with E-state index < -0.39 is 6.36 Å². The zero-order valence-electron chi connectivity index (χ0n) is 6.28. The molecule has 5 heteroatoms. The van der Waals surface area contributed by atoms with E-state index in [1.807, 2.05) is 0 Å². The first-order chi connectivity index (χ1) is 5.06. The monoisotopic (exact) mass is 172 g/mol. The Hall–Kier alpha value is -0.290.